The fourth-order valence-electron chi connectivity index (χ4n) is 11.5. The minimum atomic E-state index is -4.95. The molecule has 0 rings (SSSR count). The molecule has 17 nitrogen and oxygen atoms in total. The largest absolute Gasteiger partial charge is 0.472 e. The summed E-state index contributed by atoms with van der Waals surface area (Å²) in [7, 11) is -9.90. The first-order valence-electron chi connectivity index (χ1n) is 39.1. The maximum atomic E-state index is 13.1. The average Bonchev–Trinajstić information content (AvgIpc) is 1.50. The fraction of sp³-hybridized carbons (Fsp3) is 0.947. The highest BCUT2D eigenvalue weighted by Gasteiger charge is 2.30. The Morgan fingerprint density at radius 2 is 0.489 bits per heavy atom. The van der Waals surface area contributed by atoms with Crippen molar-refractivity contribution < 1.29 is 80.2 Å². The quantitative estimate of drug-likeness (QED) is 0.0222. The van der Waals surface area contributed by atoms with Gasteiger partial charge in [0.25, 0.3) is 0 Å². The minimum absolute atomic E-state index is 0.103. The topological polar surface area (TPSA) is 237 Å². The van der Waals surface area contributed by atoms with Gasteiger partial charge in [0.15, 0.2) is 12.2 Å². The molecule has 0 fully saturated rings. The summed E-state index contributed by atoms with van der Waals surface area (Å²) < 4.78 is 68.3. The van der Waals surface area contributed by atoms with Gasteiger partial charge in [0, 0.05) is 25.7 Å². The molecule has 0 aliphatic carbocycles. The lowest BCUT2D eigenvalue weighted by molar-refractivity contribution is -0.161. The van der Waals surface area contributed by atoms with Gasteiger partial charge in [-0.05, 0) is 31.6 Å². The van der Waals surface area contributed by atoms with Crippen molar-refractivity contribution in [3.8, 4) is 0 Å². The molecule has 5 atom stereocenters. The Kier molecular flexibility index (Phi) is 66.8. The van der Waals surface area contributed by atoms with Gasteiger partial charge in [0.1, 0.15) is 19.3 Å². The second-order valence-electron chi connectivity index (χ2n) is 27.5. The van der Waals surface area contributed by atoms with Gasteiger partial charge in [0.05, 0.1) is 26.4 Å². The van der Waals surface area contributed by atoms with Crippen LogP contribution in [-0.2, 0) is 65.4 Å². The van der Waals surface area contributed by atoms with Gasteiger partial charge >= 0.3 is 39.5 Å². The first-order valence-corrected chi connectivity index (χ1v) is 42.1. The van der Waals surface area contributed by atoms with Gasteiger partial charge in [-0.2, -0.15) is 0 Å². The van der Waals surface area contributed by atoms with E-state index in [4.69, 9.17) is 37.0 Å². The number of rotatable bonds is 75. The van der Waals surface area contributed by atoms with Crippen molar-refractivity contribution >= 4 is 39.5 Å². The summed E-state index contributed by atoms with van der Waals surface area (Å²) in [6, 6.07) is 0. The highest BCUT2D eigenvalue weighted by atomic mass is 31.2. The fourth-order valence-corrected chi connectivity index (χ4v) is 13.1. The van der Waals surface area contributed by atoms with E-state index in [1.54, 1.807) is 0 Å². The second-order valence-corrected chi connectivity index (χ2v) is 30.4. The van der Waals surface area contributed by atoms with Crippen LogP contribution in [0.4, 0.5) is 0 Å². The molecule has 94 heavy (non-hydrogen) atoms. The van der Waals surface area contributed by atoms with Crippen molar-refractivity contribution in [2.24, 2.45) is 5.92 Å². The summed E-state index contributed by atoms with van der Waals surface area (Å²) in [5, 5.41) is 10.6. The zero-order valence-electron chi connectivity index (χ0n) is 61.1. The van der Waals surface area contributed by atoms with Crippen LogP contribution in [0.3, 0.4) is 0 Å². The summed E-state index contributed by atoms with van der Waals surface area (Å²) in [5.41, 5.74) is 0. The zero-order chi connectivity index (χ0) is 69.1. The average molecular weight is 1380 g/mol. The van der Waals surface area contributed by atoms with Gasteiger partial charge in [-0.1, -0.05) is 343 Å². The lowest BCUT2D eigenvalue weighted by Crippen LogP contribution is -2.30. The van der Waals surface area contributed by atoms with Crippen LogP contribution < -0.4 is 0 Å². The highest BCUT2D eigenvalue weighted by molar-refractivity contribution is 7.47. The van der Waals surface area contributed by atoms with E-state index in [9.17, 15) is 43.2 Å². The summed E-state index contributed by atoms with van der Waals surface area (Å²) >= 11 is 0. The van der Waals surface area contributed by atoms with Crippen LogP contribution in [0, 0.1) is 5.92 Å². The highest BCUT2D eigenvalue weighted by Crippen LogP contribution is 2.45. The molecule has 0 amide bonds. The van der Waals surface area contributed by atoms with Gasteiger partial charge in [-0.3, -0.25) is 37.3 Å². The number of ether oxygens (including phenoxy) is 4. The molecule has 0 aromatic rings. The van der Waals surface area contributed by atoms with Crippen molar-refractivity contribution in [2.75, 3.05) is 39.6 Å². The third-order valence-corrected chi connectivity index (χ3v) is 19.4. The van der Waals surface area contributed by atoms with Crippen LogP contribution in [0.1, 0.15) is 394 Å². The molecule has 0 saturated heterocycles. The predicted molar refractivity (Wildman–Crippen MR) is 382 cm³/mol. The number of esters is 4. The molecular weight excluding hydrogens is 1230 g/mol. The van der Waals surface area contributed by atoms with E-state index in [1.165, 1.54) is 205 Å². The smallest absolute Gasteiger partial charge is 0.462 e. The molecule has 0 saturated carbocycles. The minimum Gasteiger partial charge on any atom is -0.462 e. The number of aliphatic hydroxyl groups is 1. The molecule has 0 aromatic carbocycles. The maximum Gasteiger partial charge on any atom is 0.472 e. The Morgan fingerprint density at radius 1 is 0.287 bits per heavy atom. The number of hydrogen-bond donors (Lipinski definition) is 3. The Labute approximate surface area is 575 Å². The Bertz CT molecular complexity index is 1810. The maximum absolute atomic E-state index is 13.1. The molecule has 2 unspecified atom stereocenters. The number of phosphoric acid groups is 2. The number of hydrogen-bond acceptors (Lipinski definition) is 15. The Balaban J connectivity index is 5.14. The molecule has 0 radical (unpaired) electrons. The monoisotopic (exact) mass is 1380 g/mol. The molecule has 0 heterocycles. The molecule has 0 aromatic heterocycles. The molecule has 0 bridgehead atoms. The van der Waals surface area contributed by atoms with Crippen molar-refractivity contribution in [1.29, 1.82) is 0 Å². The first-order chi connectivity index (χ1) is 45.5. The molecule has 0 spiro atoms. The number of carbonyl (C=O) groups excluding carboxylic acids is 4. The Hall–Kier alpha value is -1.94. The summed E-state index contributed by atoms with van der Waals surface area (Å²) in [6.07, 6.45) is 57.3. The molecule has 558 valence electrons. The van der Waals surface area contributed by atoms with Crippen LogP contribution in [0.15, 0.2) is 0 Å². The number of aliphatic hydroxyl groups excluding tert-OH is 1. The van der Waals surface area contributed by atoms with Gasteiger partial charge < -0.3 is 33.8 Å². The number of phosphoric ester groups is 2. The SMILES string of the molecule is CCCCCCCCCCCCCCCCCCCCCCCCC(=O)O[C@H](COC(=O)CCCCCCCCCCCCCCCCC)COP(=O)(O)OC[C@@H](O)COP(=O)(O)OC[C@@H](COC(=O)CCCCCCCCC)OC(=O)CCCCCCCCCC(C)C. The van der Waals surface area contributed by atoms with Crippen molar-refractivity contribution in [2.45, 2.75) is 412 Å². The van der Waals surface area contributed by atoms with E-state index in [2.05, 4.69) is 34.6 Å². The number of unbranched alkanes of at least 4 members (excludes halogenated alkanes) is 47. The van der Waals surface area contributed by atoms with Crippen LogP contribution in [-0.4, -0.2) is 96.7 Å². The number of carbonyl (C=O) groups is 4. The lowest BCUT2D eigenvalue weighted by Gasteiger charge is -2.21. The summed E-state index contributed by atoms with van der Waals surface area (Å²) in [4.78, 5) is 72.5. The van der Waals surface area contributed by atoms with Crippen molar-refractivity contribution in [3.63, 3.8) is 0 Å². The molecular formula is C75H146O17P2. The molecule has 0 aliphatic heterocycles. The van der Waals surface area contributed by atoms with Crippen LogP contribution in [0.2, 0.25) is 0 Å². The van der Waals surface area contributed by atoms with Crippen LogP contribution >= 0.6 is 15.6 Å². The van der Waals surface area contributed by atoms with Gasteiger partial charge in [-0.15, -0.1) is 0 Å². The molecule has 19 heteroatoms. The van der Waals surface area contributed by atoms with E-state index < -0.39 is 97.5 Å². The van der Waals surface area contributed by atoms with Crippen molar-refractivity contribution in [1.82, 2.24) is 0 Å². The predicted octanol–water partition coefficient (Wildman–Crippen LogP) is 22.1. The van der Waals surface area contributed by atoms with E-state index >= 15 is 0 Å². The first kappa shape index (κ1) is 92.1. The van der Waals surface area contributed by atoms with Gasteiger partial charge in [0.2, 0.25) is 0 Å². The van der Waals surface area contributed by atoms with Crippen molar-refractivity contribution in [3.05, 3.63) is 0 Å². The lowest BCUT2D eigenvalue weighted by atomic mass is 10.0. The standard InChI is InChI=1S/C75H146O17P2/c1-6-9-12-15-18-20-22-24-26-27-28-29-30-31-32-34-36-38-40-45-50-55-60-74(79)91-71(65-86-73(78)59-54-49-44-39-37-35-33-25-23-21-19-16-13-10-7-2)67-90-94(83,84)88-63-69(76)62-87-93(81,82)89-66-70(64-85-72(77)58-53-48-42-17-14-11-8-3)92-75(80)61-56-51-46-41-43-47-52-57-68(4)5/h68-71,76H,6-67H2,1-5H3,(H,81,82)(H,83,84)/t69-,70+,71+/m0/s1. The zero-order valence-corrected chi connectivity index (χ0v) is 62.9. The van der Waals surface area contributed by atoms with E-state index in [0.717, 1.165) is 103 Å². The summed E-state index contributed by atoms with van der Waals surface area (Å²) in [6.45, 7) is 7.17. The molecule has 3 N–H and O–H groups in total. The summed E-state index contributed by atoms with van der Waals surface area (Å²) in [5.74, 6) is -1.43. The normalized spacial score (nSPS) is 14.0. The Morgan fingerprint density at radius 3 is 0.723 bits per heavy atom. The third-order valence-electron chi connectivity index (χ3n) is 17.5. The van der Waals surface area contributed by atoms with E-state index in [1.807, 2.05) is 0 Å². The van der Waals surface area contributed by atoms with E-state index in [0.29, 0.717) is 31.6 Å². The third kappa shape index (κ3) is 68.6. The van der Waals surface area contributed by atoms with Gasteiger partial charge in [-0.25, -0.2) is 9.13 Å². The van der Waals surface area contributed by atoms with Crippen LogP contribution in [0.5, 0.6) is 0 Å². The molecule has 0 aliphatic rings. The van der Waals surface area contributed by atoms with E-state index in [-0.39, 0.29) is 25.7 Å². The second kappa shape index (κ2) is 68.2. The van der Waals surface area contributed by atoms with Crippen LogP contribution in [0.25, 0.3) is 0 Å².